The number of piperidine rings is 1. The van der Waals surface area contributed by atoms with E-state index in [1.54, 1.807) is 9.80 Å². The van der Waals surface area contributed by atoms with E-state index in [0.717, 1.165) is 69.9 Å². The summed E-state index contributed by atoms with van der Waals surface area (Å²) in [5.74, 6) is -2.30. The summed E-state index contributed by atoms with van der Waals surface area (Å²) >= 11 is 0. The van der Waals surface area contributed by atoms with Crippen molar-refractivity contribution >= 4 is 29.8 Å². The average Bonchev–Trinajstić information content (AvgIpc) is 3.02. The molecule has 0 aromatic carbocycles. The van der Waals surface area contributed by atoms with Crippen LogP contribution in [0.1, 0.15) is 52.4 Å². The van der Waals surface area contributed by atoms with Gasteiger partial charge in [-0.15, -0.1) is 18.1 Å². The monoisotopic (exact) mass is 667 g/mol. The van der Waals surface area contributed by atoms with Gasteiger partial charge in [0.15, 0.2) is 12.0 Å². The van der Waals surface area contributed by atoms with E-state index < -0.39 is 36.2 Å². The lowest BCUT2D eigenvalue weighted by Gasteiger charge is -2.47. The molecule has 3 atom stereocenters. The molecule has 4 aliphatic rings. The highest BCUT2D eigenvalue weighted by Crippen LogP contribution is 2.36. The molecule has 4 heterocycles. The molecular formula is C28H48F3N7O8. The molecule has 0 radical (unpaired) electrons. The van der Waals surface area contributed by atoms with Crippen molar-refractivity contribution in [2.45, 2.75) is 64.8 Å². The van der Waals surface area contributed by atoms with Crippen molar-refractivity contribution < 1.29 is 52.3 Å². The van der Waals surface area contributed by atoms with Crippen LogP contribution in [0, 0.1) is 17.2 Å². The van der Waals surface area contributed by atoms with E-state index in [1.807, 2.05) is 4.89 Å². The van der Waals surface area contributed by atoms with E-state index in [4.69, 9.17) is 21.1 Å². The van der Waals surface area contributed by atoms with Crippen LogP contribution in [-0.2, 0) is 24.0 Å². The van der Waals surface area contributed by atoms with Crippen LogP contribution in [0.5, 0.6) is 0 Å². The molecule has 4 saturated heterocycles. The first-order valence-electron chi connectivity index (χ1n) is 15.2. The minimum atomic E-state index is -4.90. The Morgan fingerprint density at radius 1 is 0.978 bits per heavy atom. The standard InChI is InChI=1S/C26H43N7O6.CHF3O2.CH4/c27-25(28)32-8-4-5-19(18-32)17-20-22(24(36)37)33(23(20)35)26(38)31-11-9-30(10-12-31)21(34)6-2-1-3-7-29-13-15-39-16-14-29;2-1(3,4)6-5;/h19-20,22H,1-18H2,(H3,27,28)(H,36,37);5H;1H4/t19?,20-,22?;;/m1../s1. The average molecular weight is 668 g/mol. The fraction of sp³-hybridized carbons (Fsp3) is 0.821. The Labute approximate surface area is 266 Å². The summed E-state index contributed by atoms with van der Waals surface area (Å²) in [7, 11) is 0. The molecule has 0 aliphatic carbocycles. The fourth-order valence-electron chi connectivity index (χ4n) is 6.18. The first-order chi connectivity index (χ1) is 21.3. The van der Waals surface area contributed by atoms with Gasteiger partial charge in [-0.05, 0) is 44.6 Å². The molecule has 4 fully saturated rings. The highest BCUT2D eigenvalue weighted by Gasteiger charge is 2.56. The Morgan fingerprint density at radius 3 is 2.15 bits per heavy atom. The smallest absolute Gasteiger partial charge is 0.480 e. The molecule has 0 aromatic rings. The second kappa shape index (κ2) is 18.2. The zero-order valence-electron chi connectivity index (χ0n) is 25.3. The Hall–Kier alpha value is -3.22. The number of β-lactam (4-membered cyclic amide) rings is 1. The number of nitrogens with zero attached hydrogens (tertiary/aromatic N) is 5. The largest absolute Gasteiger partial charge is 0.549 e. The van der Waals surface area contributed by atoms with Crippen molar-refractivity contribution in [1.29, 1.82) is 5.41 Å². The SMILES string of the molecule is C.N=C(N)N1CCCC(C[C@H]2C(=O)N(C(=O)N3CCN(C(=O)CCCCCN4CCOCC4)CC3)C2C(=O)O)C1.OOC(F)(F)F. The van der Waals surface area contributed by atoms with Crippen LogP contribution in [-0.4, -0.2) is 149 Å². The topological polar surface area (TPSA) is 193 Å². The van der Waals surface area contributed by atoms with E-state index >= 15 is 0 Å². The number of halogens is 3. The van der Waals surface area contributed by atoms with Crippen LogP contribution in [0.3, 0.4) is 0 Å². The van der Waals surface area contributed by atoms with E-state index in [2.05, 4.69) is 4.90 Å². The number of likely N-dealkylation sites (tertiary alicyclic amines) is 2. The molecule has 0 aromatic heterocycles. The molecule has 264 valence electrons. The zero-order chi connectivity index (χ0) is 33.1. The number of nitrogens with one attached hydrogen (secondary N) is 1. The van der Waals surface area contributed by atoms with Gasteiger partial charge in [0, 0.05) is 58.8 Å². The Morgan fingerprint density at radius 2 is 1.59 bits per heavy atom. The van der Waals surface area contributed by atoms with Gasteiger partial charge >= 0.3 is 18.4 Å². The van der Waals surface area contributed by atoms with Crippen LogP contribution >= 0.6 is 0 Å². The number of hydrogen-bond donors (Lipinski definition) is 4. The number of nitrogens with two attached hydrogens (primary N) is 1. The van der Waals surface area contributed by atoms with Gasteiger partial charge in [0.25, 0.3) is 0 Å². The summed E-state index contributed by atoms with van der Waals surface area (Å²) in [4.78, 5) is 61.0. The molecule has 46 heavy (non-hydrogen) atoms. The third kappa shape index (κ3) is 11.2. The number of alkyl halides is 3. The van der Waals surface area contributed by atoms with E-state index in [9.17, 15) is 37.5 Å². The minimum Gasteiger partial charge on any atom is -0.480 e. The molecule has 0 spiro atoms. The summed E-state index contributed by atoms with van der Waals surface area (Å²) in [6.45, 7) is 7.06. The van der Waals surface area contributed by atoms with Crippen LogP contribution in [0.4, 0.5) is 18.0 Å². The van der Waals surface area contributed by atoms with Crippen molar-refractivity contribution in [1.82, 2.24) is 24.5 Å². The number of hydrogen-bond acceptors (Lipinski definition) is 9. The van der Waals surface area contributed by atoms with Gasteiger partial charge in [-0.3, -0.25) is 19.9 Å². The Kier molecular flexibility index (Phi) is 15.4. The van der Waals surface area contributed by atoms with Crippen LogP contribution in [0.15, 0.2) is 0 Å². The molecule has 2 unspecified atom stereocenters. The van der Waals surface area contributed by atoms with Gasteiger partial charge < -0.3 is 30.3 Å². The van der Waals surface area contributed by atoms with Gasteiger partial charge in [0.1, 0.15) is 0 Å². The summed E-state index contributed by atoms with van der Waals surface area (Å²) in [6, 6.07) is -1.78. The number of carbonyl (C=O) groups is 4. The summed E-state index contributed by atoms with van der Waals surface area (Å²) < 4.78 is 36.3. The van der Waals surface area contributed by atoms with Gasteiger partial charge in [0.2, 0.25) is 11.8 Å². The number of unbranched alkanes of at least 4 members (excludes halogenated alkanes) is 2. The molecule has 4 rings (SSSR count). The number of carboxylic acids is 1. The summed E-state index contributed by atoms with van der Waals surface area (Å²) in [5.41, 5.74) is 5.60. The number of carboxylic acid groups (broad SMARTS) is 1. The number of urea groups is 1. The van der Waals surface area contributed by atoms with Gasteiger partial charge in [-0.2, -0.15) is 0 Å². The predicted octanol–water partition coefficient (Wildman–Crippen LogP) is 1.68. The molecule has 5 N–H and O–H groups in total. The molecule has 4 aliphatic heterocycles. The van der Waals surface area contributed by atoms with Crippen molar-refractivity contribution in [2.24, 2.45) is 17.6 Å². The third-order valence-electron chi connectivity index (χ3n) is 8.60. The van der Waals surface area contributed by atoms with Gasteiger partial charge in [-0.25, -0.2) is 19.7 Å². The zero-order valence-corrected chi connectivity index (χ0v) is 25.3. The normalized spacial score (nSPS) is 23.9. The number of morpholine rings is 1. The molecule has 0 saturated carbocycles. The highest BCUT2D eigenvalue weighted by molar-refractivity contribution is 6.07. The third-order valence-corrected chi connectivity index (χ3v) is 8.60. The first kappa shape index (κ1) is 39.0. The maximum Gasteiger partial charge on any atom is 0.549 e. The van der Waals surface area contributed by atoms with E-state index in [-0.39, 0.29) is 38.3 Å². The molecular weight excluding hydrogens is 619 g/mol. The minimum absolute atomic E-state index is 0. The Balaban J connectivity index is 0.000000960. The Bertz CT molecular complexity index is 1040. The quantitative estimate of drug-likeness (QED) is 0.0698. The number of amides is 4. The number of imide groups is 1. The van der Waals surface area contributed by atoms with Crippen molar-refractivity contribution in [3.8, 4) is 0 Å². The predicted molar refractivity (Wildman–Crippen MR) is 158 cm³/mol. The number of rotatable bonds is 9. The number of piperazine rings is 1. The van der Waals surface area contributed by atoms with Crippen molar-refractivity contribution in [2.75, 3.05) is 72.1 Å². The van der Waals surface area contributed by atoms with Crippen molar-refractivity contribution in [3.63, 3.8) is 0 Å². The van der Waals surface area contributed by atoms with E-state index in [1.165, 1.54) is 4.90 Å². The molecule has 0 bridgehead atoms. The van der Waals surface area contributed by atoms with Crippen molar-refractivity contribution in [3.05, 3.63) is 0 Å². The maximum atomic E-state index is 13.1. The number of carbonyl (C=O) groups excluding carboxylic acids is 3. The lowest BCUT2D eigenvalue weighted by molar-refractivity contribution is -0.464. The number of ether oxygens (including phenoxy) is 1. The summed E-state index contributed by atoms with van der Waals surface area (Å²) in [6.07, 6.45) is 0.466. The highest BCUT2D eigenvalue weighted by atomic mass is 19.4. The van der Waals surface area contributed by atoms with Crippen LogP contribution < -0.4 is 5.73 Å². The second-order valence-corrected chi connectivity index (χ2v) is 11.6. The number of aliphatic carboxylic acids is 1. The van der Waals surface area contributed by atoms with Gasteiger partial charge in [-0.1, -0.05) is 13.8 Å². The maximum absolute atomic E-state index is 13.1. The number of guanidine groups is 1. The lowest BCUT2D eigenvalue weighted by atomic mass is 9.78. The van der Waals surface area contributed by atoms with E-state index in [0.29, 0.717) is 39.0 Å². The molecule has 18 heteroatoms. The van der Waals surface area contributed by atoms with Gasteiger partial charge in [0.05, 0.1) is 19.1 Å². The summed E-state index contributed by atoms with van der Waals surface area (Å²) in [5, 5.41) is 24.3. The molecule has 15 nitrogen and oxygen atoms in total. The second-order valence-electron chi connectivity index (χ2n) is 11.6. The van der Waals surface area contributed by atoms with Crippen LogP contribution in [0.2, 0.25) is 0 Å². The fourth-order valence-corrected chi connectivity index (χ4v) is 6.18. The molecule has 4 amide bonds. The lowest BCUT2D eigenvalue weighted by Crippen LogP contribution is -2.70. The first-order valence-corrected chi connectivity index (χ1v) is 15.2. The van der Waals surface area contributed by atoms with Crippen LogP contribution in [0.25, 0.3) is 0 Å².